The number of aromatic nitrogens is 2. The summed E-state index contributed by atoms with van der Waals surface area (Å²) in [6, 6.07) is 10.4. The van der Waals surface area contributed by atoms with Crippen molar-refractivity contribution in [3.05, 3.63) is 47.9 Å². The van der Waals surface area contributed by atoms with Crippen LogP contribution < -0.4 is 5.32 Å². The number of aryl methyl sites for hydroxylation is 1. The topological polar surface area (TPSA) is 53.9 Å². The lowest BCUT2D eigenvalue weighted by Crippen LogP contribution is -2.20. The maximum Gasteiger partial charge on any atom is 0.166 e. The molecule has 2 N–H and O–H groups in total. The number of H-pyrrole nitrogens is 1. The summed E-state index contributed by atoms with van der Waals surface area (Å²) >= 11 is 1.73. The molecule has 0 bridgehead atoms. The lowest BCUT2D eigenvalue weighted by molar-refractivity contribution is 0.438. The first-order valence-corrected chi connectivity index (χ1v) is 8.07. The van der Waals surface area contributed by atoms with Gasteiger partial charge >= 0.3 is 0 Å². The molecule has 3 aromatic rings. The molecule has 0 saturated carbocycles. The quantitative estimate of drug-likeness (QED) is 0.535. The Labute approximate surface area is 128 Å². The van der Waals surface area contributed by atoms with Gasteiger partial charge in [-0.15, -0.1) is 0 Å². The van der Waals surface area contributed by atoms with Crippen molar-refractivity contribution >= 4 is 22.8 Å². The highest BCUT2D eigenvalue weighted by Crippen LogP contribution is 2.20. The normalized spacial score (nSPS) is 12.9. The van der Waals surface area contributed by atoms with E-state index in [0.29, 0.717) is 0 Å². The molecule has 0 aliphatic rings. The van der Waals surface area contributed by atoms with Crippen molar-refractivity contribution in [3.8, 4) is 0 Å². The Kier molecular flexibility index (Phi) is 4.31. The molecule has 0 saturated heterocycles. The maximum absolute atomic E-state index is 5.37. The van der Waals surface area contributed by atoms with Crippen LogP contribution in [0, 0.1) is 6.92 Å². The zero-order valence-electron chi connectivity index (χ0n) is 12.2. The second-order valence-electron chi connectivity index (χ2n) is 5.10. The number of rotatable bonds is 6. The number of nitrogens with zero attached hydrogens (tertiary/aromatic N) is 1. The summed E-state index contributed by atoms with van der Waals surface area (Å²) in [6.45, 7) is 5.10. The number of nitrogens with one attached hydrogen (secondary N) is 2. The standard InChI is InChI=1S/C16H19N3OS/c1-11-5-6-13-14(10-11)19-16(18-13)21-9-7-17-12(2)15-4-3-8-20-15/h3-6,8,10,12,17H,7,9H2,1-2H3,(H,18,19). The summed E-state index contributed by atoms with van der Waals surface area (Å²) in [5.74, 6) is 1.93. The molecule has 1 aromatic carbocycles. The van der Waals surface area contributed by atoms with E-state index in [1.165, 1.54) is 5.56 Å². The van der Waals surface area contributed by atoms with Crippen LogP contribution in [0.3, 0.4) is 0 Å². The predicted octanol–water partition coefficient (Wildman–Crippen LogP) is 3.91. The van der Waals surface area contributed by atoms with Crippen molar-refractivity contribution in [1.29, 1.82) is 0 Å². The number of benzene rings is 1. The summed E-state index contributed by atoms with van der Waals surface area (Å²) in [4.78, 5) is 7.94. The molecule has 0 aliphatic heterocycles. The van der Waals surface area contributed by atoms with E-state index in [4.69, 9.17) is 4.42 Å². The molecule has 5 heteroatoms. The van der Waals surface area contributed by atoms with E-state index in [9.17, 15) is 0 Å². The summed E-state index contributed by atoms with van der Waals surface area (Å²) < 4.78 is 5.37. The van der Waals surface area contributed by atoms with Crippen molar-refractivity contribution < 1.29 is 4.42 Å². The average molecular weight is 301 g/mol. The monoisotopic (exact) mass is 301 g/mol. The molecule has 0 radical (unpaired) electrons. The fourth-order valence-corrected chi connectivity index (χ4v) is 2.99. The largest absolute Gasteiger partial charge is 0.468 e. The zero-order valence-corrected chi connectivity index (χ0v) is 13.0. The summed E-state index contributed by atoms with van der Waals surface area (Å²) in [5, 5.41) is 4.42. The Morgan fingerprint density at radius 1 is 1.38 bits per heavy atom. The smallest absolute Gasteiger partial charge is 0.166 e. The third-order valence-corrected chi connectivity index (χ3v) is 4.25. The molecule has 0 fully saturated rings. The molecular formula is C16H19N3OS. The second kappa shape index (κ2) is 6.37. The van der Waals surface area contributed by atoms with Gasteiger partial charge in [0, 0.05) is 12.3 Å². The summed E-state index contributed by atoms with van der Waals surface area (Å²) in [6.07, 6.45) is 1.71. The molecule has 0 amide bonds. The molecule has 1 unspecified atom stereocenters. The van der Waals surface area contributed by atoms with Gasteiger partial charge in [0.05, 0.1) is 23.3 Å². The molecule has 2 aromatic heterocycles. The van der Waals surface area contributed by atoms with Crippen LogP contribution in [0.2, 0.25) is 0 Å². The number of thioether (sulfide) groups is 1. The first-order chi connectivity index (χ1) is 10.2. The third kappa shape index (κ3) is 3.49. The molecule has 0 aliphatic carbocycles. The van der Waals surface area contributed by atoms with Crippen LogP contribution in [0.15, 0.2) is 46.2 Å². The van der Waals surface area contributed by atoms with Crippen LogP contribution in [0.5, 0.6) is 0 Å². The fraction of sp³-hybridized carbons (Fsp3) is 0.312. The van der Waals surface area contributed by atoms with Gasteiger partial charge in [-0.1, -0.05) is 17.8 Å². The zero-order chi connectivity index (χ0) is 14.7. The Morgan fingerprint density at radius 2 is 2.29 bits per heavy atom. The van der Waals surface area contributed by atoms with E-state index >= 15 is 0 Å². The Morgan fingerprint density at radius 3 is 3.10 bits per heavy atom. The SMILES string of the molecule is Cc1ccc2nc(SCCNC(C)c3ccco3)[nH]c2c1. The average Bonchev–Trinajstić information content (AvgIpc) is 3.11. The molecule has 2 heterocycles. The third-order valence-electron chi connectivity index (χ3n) is 3.38. The number of fused-ring (bicyclic) bond motifs is 1. The first-order valence-electron chi connectivity index (χ1n) is 7.08. The van der Waals surface area contributed by atoms with Crippen molar-refractivity contribution in [3.63, 3.8) is 0 Å². The highest BCUT2D eigenvalue weighted by atomic mass is 32.2. The van der Waals surface area contributed by atoms with E-state index in [1.807, 2.05) is 12.1 Å². The van der Waals surface area contributed by atoms with E-state index in [-0.39, 0.29) is 6.04 Å². The summed E-state index contributed by atoms with van der Waals surface area (Å²) in [7, 11) is 0. The predicted molar refractivity (Wildman–Crippen MR) is 86.7 cm³/mol. The molecule has 1 atom stereocenters. The van der Waals surface area contributed by atoms with Gasteiger partial charge in [0.1, 0.15) is 5.76 Å². The van der Waals surface area contributed by atoms with Crippen molar-refractivity contribution in [1.82, 2.24) is 15.3 Å². The Bertz CT molecular complexity index is 705. The first kappa shape index (κ1) is 14.2. The fourth-order valence-electron chi connectivity index (χ4n) is 2.23. The number of imidazole rings is 1. The van der Waals surface area contributed by atoms with E-state index in [1.54, 1.807) is 18.0 Å². The van der Waals surface area contributed by atoms with Gasteiger partial charge < -0.3 is 14.7 Å². The second-order valence-corrected chi connectivity index (χ2v) is 6.19. The van der Waals surface area contributed by atoms with Gasteiger partial charge in [0.25, 0.3) is 0 Å². The van der Waals surface area contributed by atoms with Gasteiger partial charge in [-0.05, 0) is 43.7 Å². The highest BCUT2D eigenvalue weighted by molar-refractivity contribution is 7.99. The summed E-state index contributed by atoms with van der Waals surface area (Å²) in [5.41, 5.74) is 3.38. The van der Waals surface area contributed by atoms with E-state index in [0.717, 1.165) is 34.2 Å². The lowest BCUT2D eigenvalue weighted by Gasteiger charge is -2.10. The van der Waals surface area contributed by atoms with Crippen molar-refractivity contribution in [2.24, 2.45) is 0 Å². The van der Waals surface area contributed by atoms with Crippen LogP contribution in [-0.4, -0.2) is 22.3 Å². The number of furan rings is 1. The van der Waals surface area contributed by atoms with Crippen molar-refractivity contribution in [2.45, 2.75) is 25.0 Å². The minimum absolute atomic E-state index is 0.235. The molecule has 0 spiro atoms. The maximum atomic E-state index is 5.37. The number of hydrogen-bond acceptors (Lipinski definition) is 4. The van der Waals surface area contributed by atoms with E-state index in [2.05, 4.69) is 47.3 Å². The molecule has 3 rings (SSSR count). The van der Waals surface area contributed by atoms with Crippen LogP contribution in [0.1, 0.15) is 24.3 Å². The minimum atomic E-state index is 0.235. The molecule has 4 nitrogen and oxygen atoms in total. The van der Waals surface area contributed by atoms with Gasteiger partial charge in [-0.25, -0.2) is 4.98 Å². The van der Waals surface area contributed by atoms with Gasteiger partial charge in [0.2, 0.25) is 0 Å². The van der Waals surface area contributed by atoms with Gasteiger partial charge in [-0.2, -0.15) is 0 Å². The van der Waals surface area contributed by atoms with Crippen LogP contribution in [0.4, 0.5) is 0 Å². The van der Waals surface area contributed by atoms with Crippen molar-refractivity contribution in [2.75, 3.05) is 12.3 Å². The highest BCUT2D eigenvalue weighted by Gasteiger charge is 2.07. The number of aromatic amines is 1. The molecule has 110 valence electrons. The Balaban J connectivity index is 1.50. The van der Waals surface area contributed by atoms with Crippen LogP contribution >= 0.6 is 11.8 Å². The Hall–Kier alpha value is -1.72. The minimum Gasteiger partial charge on any atom is -0.468 e. The van der Waals surface area contributed by atoms with Crippen LogP contribution in [0.25, 0.3) is 11.0 Å². The van der Waals surface area contributed by atoms with Crippen LogP contribution in [-0.2, 0) is 0 Å². The molecular weight excluding hydrogens is 282 g/mol. The molecule has 21 heavy (non-hydrogen) atoms. The van der Waals surface area contributed by atoms with Gasteiger partial charge in [-0.3, -0.25) is 0 Å². The number of hydrogen-bond donors (Lipinski definition) is 2. The van der Waals surface area contributed by atoms with E-state index < -0.39 is 0 Å². The lowest BCUT2D eigenvalue weighted by atomic mass is 10.2. The van der Waals surface area contributed by atoms with Gasteiger partial charge in [0.15, 0.2) is 5.16 Å².